The molecule has 0 amide bonds. The molecule has 27 heavy (non-hydrogen) atoms. The number of pyridine rings is 1. The van der Waals surface area contributed by atoms with Gasteiger partial charge in [-0.3, -0.25) is 4.79 Å². The maximum absolute atomic E-state index is 13.1. The zero-order chi connectivity index (χ0) is 19.6. The topological polar surface area (TPSA) is 81.9 Å². The number of fused-ring (bicyclic) bond motifs is 1. The highest BCUT2D eigenvalue weighted by molar-refractivity contribution is 7.91. The van der Waals surface area contributed by atoms with E-state index in [0.29, 0.717) is 11.1 Å². The van der Waals surface area contributed by atoms with Crippen molar-refractivity contribution < 1.29 is 22.7 Å². The van der Waals surface area contributed by atoms with Gasteiger partial charge in [-0.25, -0.2) is 13.2 Å². The molecule has 0 atom stereocenters. The third kappa shape index (κ3) is 3.50. The first kappa shape index (κ1) is 18.8. The molecule has 1 aromatic carbocycles. The molecule has 3 rings (SSSR count). The normalized spacial score (nSPS) is 11.5. The summed E-state index contributed by atoms with van der Waals surface area (Å²) in [7, 11) is -3.75. The molecule has 0 aliphatic rings. The van der Waals surface area contributed by atoms with Crippen LogP contribution in [0.1, 0.15) is 28.5 Å². The van der Waals surface area contributed by atoms with Crippen molar-refractivity contribution >= 4 is 27.1 Å². The number of ether oxygens (including phenoxy) is 1. The predicted octanol–water partition coefficient (Wildman–Crippen LogP) is 2.97. The third-order valence-corrected chi connectivity index (χ3v) is 6.07. The van der Waals surface area contributed by atoms with Gasteiger partial charge < -0.3 is 9.14 Å². The summed E-state index contributed by atoms with van der Waals surface area (Å²) in [5.74, 6) is -2.07. The summed E-state index contributed by atoms with van der Waals surface area (Å²) in [6, 6.07) is 13.8. The number of hydrogen-bond acceptors (Lipinski definition) is 5. The van der Waals surface area contributed by atoms with Crippen LogP contribution in [0.3, 0.4) is 0 Å². The van der Waals surface area contributed by atoms with E-state index < -0.39 is 21.6 Å². The Labute approximate surface area is 157 Å². The van der Waals surface area contributed by atoms with E-state index in [1.165, 1.54) is 11.3 Å². The molecule has 2 heterocycles. The van der Waals surface area contributed by atoms with Crippen LogP contribution in [-0.4, -0.2) is 31.2 Å². The van der Waals surface area contributed by atoms with Crippen molar-refractivity contribution in [2.24, 2.45) is 0 Å². The zero-order valence-electron chi connectivity index (χ0n) is 15.0. The van der Waals surface area contributed by atoms with Gasteiger partial charge in [-0.1, -0.05) is 36.4 Å². The number of hydrogen-bond donors (Lipinski definition) is 0. The van der Waals surface area contributed by atoms with Crippen LogP contribution in [0.4, 0.5) is 0 Å². The van der Waals surface area contributed by atoms with E-state index in [1.807, 2.05) is 6.07 Å². The Morgan fingerprint density at radius 1 is 1.04 bits per heavy atom. The van der Waals surface area contributed by atoms with Crippen LogP contribution in [0.25, 0.3) is 5.52 Å². The van der Waals surface area contributed by atoms with Crippen LogP contribution in [0.15, 0.2) is 59.6 Å². The summed E-state index contributed by atoms with van der Waals surface area (Å²) in [6.45, 7) is 3.20. The molecule has 0 saturated heterocycles. The zero-order valence-corrected chi connectivity index (χ0v) is 15.8. The Morgan fingerprint density at radius 2 is 1.70 bits per heavy atom. The average Bonchev–Trinajstić information content (AvgIpc) is 2.94. The maximum Gasteiger partial charge on any atom is 0.381 e. The second-order valence-corrected chi connectivity index (χ2v) is 7.98. The van der Waals surface area contributed by atoms with E-state index in [0.717, 1.165) is 0 Å². The van der Waals surface area contributed by atoms with Gasteiger partial charge in [0.2, 0.25) is 0 Å². The number of carbonyl (C=O) groups excluding carboxylic acids is 2. The van der Waals surface area contributed by atoms with Gasteiger partial charge >= 0.3 is 5.97 Å². The number of nitrogens with zero attached hydrogens (tertiary/aromatic N) is 1. The molecule has 6 nitrogen and oxygen atoms in total. The Hall–Kier alpha value is -2.93. The van der Waals surface area contributed by atoms with Crippen LogP contribution in [0.5, 0.6) is 0 Å². The number of aromatic nitrogens is 1. The molecule has 2 aromatic heterocycles. The number of sulfone groups is 1. The summed E-state index contributed by atoms with van der Waals surface area (Å²) < 4.78 is 32.5. The Morgan fingerprint density at radius 3 is 2.37 bits per heavy atom. The highest BCUT2D eigenvalue weighted by atomic mass is 32.2. The molecule has 140 valence electrons. The minimum atomic E-state index is -3.75. The van der Waals surface area contributed by atoms with E-state index >= 15 is 0 Å². The van der Waals surface area contributed by atoms with Crippen molar-refractivity contribution in [3.8, 4) is 0 Å². The van der Waals surface area contributed by atoms with Crippen molar-refractivity contribution in [2.45, 2.75) is 24.5 Å². The van der Waals surface area contributed by atoms with Crippen molar-refractivity contribution in [3.63, 3.8) is 0 Å². The number of carbonyl (C=O) groups is 2. The first-order chi connectivity index (χ1) is 12.9. The molecule has 0 N–H and O–H groups in total. The largest absolute Gasteiger partial charge is 0.460 e. The van der Waals surface area contributed by atoms with Crippen molar-refractivity contribution in [1.29, 1.82) is 0 Å². The fraction of sp³-hybridized carbons (Fsp3) is 0.200. The molecular formula is C20H19NO5S. The van der Waals surface area contributed by atoms with Gasteiger partial charge in [0, 0.05) is 6.20 Å². The molecule has 0 saturated carbocycles. The summed E-state index contributed by atoms with van der Waals surface area (Å²) >= 11 is 0. The van der Waals surface area contributed by atoms with E-state index in [4.69, 9.17) is 4.74 Å². The lowest BCUT2D eigenvalue weighted by Gasteiger charge is -2.05. The van der Waals surface area contributed by atoms with Crippen LogP contribution in [0.2, 0.25) is 0 Å². The number of Topliss-reactive ketones (excluding diaryl/α,β-unsaturated/α-hetero) is 1. The SMILES string of the molecule is CCOC(=O)C(=O)c1c(C)c(S(=O)(=O)Cc2ccccc2)c2ccccn12. The van der Waals surface area contributed by atoms with Crippen LogP contribution >= 0.6 is 0 Å². The molecule has 0 fully saturated rings. The number of ketones is 1. The Bertz CT molecular complexity index is 1110. The first-order valence-electron chi connectivity index (χ1n) is 8.44. The van der Waals surface area contributed by atoms with Crippen LogP contribution in [0, 0.1) is 6.92 Å². The van der Waals surface area contributed by atoms with Gasteiger partial charge in [0.05, 0.1) is 22.8 Å². The lowest BCUT2D eigenvalue weighted by Crippen LogP contribution is -2.20. The number of benzene rings is 1. The van der Waals surface area contributed by atoms with Crippen LogP contribution < -0.4 is 0 Å². The molecule has 0 aliphatic heterocycles. The first-order valence-corrected chi connectivity index (χ1v) is 10.1. The second-order valence-electron chi connectivity index (χ2n) is 6.05. The molecule has 7 heteroatoms. The molecular weight excluding hydrogens is 366 g/mol. The monoisotopic (exact) mass is 385 g/mol. The van der Waals surface area contributed by atoms with Crippen molar-refractivity contribution in [2.75, 3.05) is 6.61 Å². The van der Waals surface area contributed by atoms with E-state index in [2.05, 4.69) is 0 Å². The Kier molecular flexibility index (Phi) is 5.14. The van der Waals surface area contributed by atoms with Gasteiger partial charge in [0.15, 0.2) is 9.84 Å². The predicted molar refractivity (Wildman–Crippen MR) is 100 cm³/mol. The van der Waals surface area contributed by atoms with Gasteiger partial charge in [-0.05, 0) is 37.1 Å². The fourth-order valence-electron chi connectivity index (χ4n) is 3.13. The summed E-state index contributed by atoms with van der Waals surface area (Å²) in [5, 5.41) is 0. The number of esters is 1. The quantitative estimate of drug-likeness (QED) is 0.370. The lowest BCUT2D eigenvalue weighted by atomic mass is 10.2. The lowest BCUT2D eigenvalue weighted by molar-refractivity contribution is -0.137. The average molecular weight is 385 g/mol. The van der Waals surface area contributed by atoms with Crippen LogP contribution in [-0.2, 0) is 25.1 Å². The third-order valence-electron chi connectivity index (χ3n) is 4.22. The van der Waals surface area contributed by atoms with Gasteiger partial charge in [0.1, 0.15) is 5.69 Å². The van der Waals surface area contributed by atoms with Gasteiger partial charge in [-0.2, -0.15) is 0 Å². The summed E-state index contributed by atoms with van der Waals surface area (Å²) in [5.41, 5.74) is 1.26. The molecule has 0 aliphatic carbocycles. The van der Waals surface area contributed by atoms with E-state index in [9.17, 15) is 18.0 Å². The van der Waals surface area contributed by atoms with Crippen molar-refractivity contribution in [3.05, 3.63) is 71.5 Å². The highest BCUT2D eigenvalue weighted by Crippen LogP contribution is 2.30. The number of rotatable bonds is 6. The maximum atomic E-state index is 13.1. The molecule has 0 bridgehead atoms. The Balaban J connectivity index is 2.18. The van der Waals surface area contributed by atoms with Crippen molar-refractivity contribution in [1.82, 2.24) is 4.40 Å². The smallest absolute Gasteiger partial charge is 0.381 e. The summed E-state index contributed by atoms with van der Waals surface area (Å²) in [6.07, 6.45) is 1.57. The second kappa shape index (κ2) is 7.36. The van der Waals surface area contributed by atoms with Gasteiger partial charge in [0.25, 0.3) is 5.78 Å². The fourth-order valence-corrected chi connectivity index (χ4v) is 4.96. The van der Waals surface area contributed by atoms with E-state index in [-0.39, 0.29) is 28.5 Å². The standard InChI is InChI=1S/C20H19NO5S/c1-3-26-20(23)18(22)17-14(2)19(16-11-7-8-12-21(16)17)27(24,25)13-15-9-5-4-6-10-15/h4-12H,3,13H2,1-2H3. The molecule has 0 spiro atoms. The summed E-state index contributed by atoms with van der Waals surface area (Å²) in [4.78, 5) is 24.6. The minimum Gasteiger partial charge on any atom is -0.460 e. The molecule has 3 aromatic rings. The highest BCUT2D eigenvalue weighted by Gasteiger charge is 2.31. The van der Waals surface area contributed by atoms with Gasteiger partial charge in [-0.15, -0.1) is 0 Å². The molecule has 0 unspecified atom stereocenters. The van der Waals surface area contributed by atoms with E-state index in [1.54, 1.807) is 55.6 Å². The minimum absolute atomic E-state index is 0.00990. The molecule has 0 radical (unpaired) electrons.